The largest absolute Gasteiger partial charge is 0.296 e. The summed E-state index contributed by atoms with van der Waals surface area (Å²) in [6, 6.07) is 18.1. The van der Waals surface area contributed by atoms with Crippen LogP contribution in [0.5, 0.6) is 0 Å². The second kappa shape index (κ2) is 7.84. The summed E-state index contributed by atoms with van der Waals surface area (Å²) in [5.74, 6) is -3.93. The van der Waals surface area contributed by atoms with Gasteiger partial charge in [-0.25, -0.2) is 18.2 Å². The molecule has 3 aromatic carbocycles. The van der Waals surface area contributed by atoms with Gasteiger partial charge in [0.1, 0.15) is 5.57 Å². The van der Waals surface area contributed by atoms with E-state index < -0.39 is 25.4 Å². The Labute approximate surface area is 168 Å². The van der Waals surface area contributed by atoms with Crippen LogP contribution in [0, 0.1) is 31.3 Å². The fourth-order valence-corrected chi connectivity index (χ4v) is 5.91. The van der Waals surface area contributed by atoms with Crippen molar-refractivity contribution in [2.75, 3.05) is 0 Å². The van der Waals surface area contributed by atoms with Crippen LogP contribution < -0.4 is 16.2 Å². The van der Waals surface area contributed by atoms with E-state index in [4.69, 9.17) is 0 Å². The Kier molecular flexibility index (Phi) is 5.25. The van der Waals surface area contributed by atoms with Gasteiger partial charge in [0.05, 0.1) is 5.69 Å². The number of benzene rings is 3. The molecule has 29 heavy (non-hydrogen) atoms. The van der Waals surface area contributed by atoms with Crippen molar-refractivity contribution in [2.45, 2.75) is 13.8 Å². The zero-order chi connectivity index (χ0) is 20.5. The molecule has 4 aromatic rings. The minimum Gasteiger partial charge on any atom is -0.296 e. The average Bonchev–Trinajstić information content (AvgIpc) is 3.18. The van der Waals surface area contributed by atoms with Gasteiger partial charge in [-0.05, 0) is 47.7 Å². The van der Waals surface area contributed by atoms with E-state index in [1.807, 2.05) is 62.4 Å². The van der Waals surface area contributed by atoms with Gasteiger partial charge in [-0.3, -0.25) is 4.57 Å². The first-order valence-corrected chi connectivity index (χ1v) is 10.4. The third-order valence-corrected chi connectivity index (χ3v) is 7.51. The molecule has 0 bridgehead atoms. The Morgan fingerprint density at radius 2 is 1.34 bits per heavy atom. The van der Waals surface area contributed by atoms with Gasteiger partial charge in [-0.15, -0.1) is 0 Å². The lowest BCUT2D eigenvalue weighted by molar-refractivity contribution is 0.445. The van der Waals surface area contributed by atoms with E-state index in [2.05, 4.69) is 4.98 Å². The Balaban J connectivity index is 1.98. The number of aromatic nitrogens is 2. The topological polar surface area (TPSA) is 17.8 Å². The molecule has 6 heteroatoms. The van der Waals surface area contributed by atoms with E-state index in [-0.39, 0.29) is 5.69 Å². The number of hydrogen-bond donors (Lipinski definition) is 0. The molecule has 0 aliphatic carbocycles. The number of hydrogen-bond acceptors (Lipinski definition) is 1. The third-order valence-electron chi connectivity index (χ3n) is 4.81. The second-order valence-electron chi connectivity index (χ2n) is 6.70. The van der Waals surface area contributed by atoms with E-state index in [1.165, 1.54) is 10.6 Å². The molecule has 2 nitrogen and oxygen atoms in total. The summed E-state index contributed by atoms with van der Waals surface area (Å²) >= 11 is 0. The molecule has 0 fully saturated rings. The molecule has 0 spiro atoms. The van der Waals surface area contributed by atoms with Gasteiger partial charge in [0.2, 0.25) is 0 Å². The number of nitrogens with zero attached hydrogens (tertiary/aromatic N) is 2. The monoisotopic (exact) mass is 410 g/mol. The molecule has 0 saturated carbocycles. The first kappa shape index (κ1) is 19.4. The van der Waals surface area contributed by atoms with Crippen LogP contribution in [0.2, 0.25) is 0 Å². The van der Waals surface area contributed by atoms with Crippen LogP contribution in [0.3, 0.4) is 0 Å². The molecular weight excluding hydrogens is 392 g/mol. The van der Waals surface area contributed by atoms with Gasteiger partial charge in [-0.1, -0.05) is 48.5 Å². The zero-order valence-corrected chi connectivity index (χ0v) is 16.8. The Morgan fingerprint density at radius 1 is 0.759 bits per heavy atom. The van der Waals surface area contributed by atoms with E-state index in [0.717, 1.165) is 27.8 Å². The van der Waals surface area contributed by atoms with Crippen molar-refractivity contribution in [1.29, 1.82) is 0 Å². The van der Waals surface area contributed by atoms with Crippen molar-refractivity contribution < 1.29 is 13.2 Å². The quantitative estimate of drug-likeness (QED) is 0.353. The molecule has 1 aromatic heterocycles. The Hall–Kier alpha value is -2.91. The van der Waals surface area contributed by atoms with Crippen molar-refractivity contribution in [3.8, 4) is 5.69 Å². The van der Waals surface area contributed by atoms with Gasteiger partial charge in [0.15, 0.2) is 17.5 Å². The normalized spacial score (nSPS) is 11.2. The molecule has 4 rings (SSSR count). The summed E-state index contributed by atoms with van der Waals surface area (Å²) in [7, 11) is -1.16. The predicted octanol–water partition coefficient (Wildman–Crippen LogP) is 4.66. The highest BCUT2D eigenvalue weighted by atomic mass is 31.1. The molecule has 0 aliphatic heterocycles. The predicted molar refractivity (Wildman–Crippen MR) is 112 cm³/mol. The number of aryl methyl sites for hydroxylation is 2. The van der Waals surface area contributed by atoms with Crippen LogP contribution in [0.25, 0.3) is 5.69 Å². The maximum Gasteiger partial charge on any atom is 0.196 e. The minimum atomic E-state index is -1.49. The summed E-state index contributed by atoms with van der Waals surface area (Å²) < 4.78 is 43.5. The lowest BCUT2D eigenvalue weighted by atomic mass is 10.2. The smallest absolute Gasteiger partial charge is 0.196 e. The second-order valence-corrected chi connectivity index (χ2v) is 8.73. The summed E-state index contributed by atoms with van der Waals surface area (Å²) in [5, 5.41) is 2.15. The van der Waals surface area contributed by atoms with E-state index in [9.17, 15) is 13.2 Å². The molecule has 0 aliphatic rings. The fraction of sp³-hybridized carbons (Fsp3) is 0.0870. The maximum atomic E-state index is 14.6. The SMILES string of the molecule is Cc1ccccc1P(c1ccccc1C)c1nccn1-c1ccc(F)c(F)c1F. The number of imidazole rings is 1. The molecule has 1 heterocycles. The molecule has 0 N–H and O–H groups in total. The molecule has 0 unspecified atom stereocenters. The first-order chi connectivity index (χ1) is 14.0. The van der Waals surface area contributed by atoms with Gasteiger partial charge >= 0.3 is 0 Å². The summed E-state index contributed by atoms with van der Waals surface area (Å²) in [5.41, 5.74) is 2.70. The van der Waals surface area contributed by atoms with Crippen LogP contribution in [-0.2, 0) is 0 Å². The van der Waals surface area contributed by atoms with Crippen LogP contribution >= 0.6 is 7.92 Å². The van der Waals surface area contributed by atoms with E-state index in [1.54, 1.807) is 12.4 Å². The van der Waals surface area contributed by atoms with Crippen LogP contribution in [0.15, 0.2) is 73.1 Å². The average molecular weight is 410 g/mol. The molecule has 0 saturated heterocycles. The van der Waals surface area contributed by atoms with Crippen molar-refractivity contribution in [3.05, 3.63) is 102 Å². The number of halogens is 3. The summed E-state index contributed by atoms with van der Waals surface area (Å²) in [4.78, 5) is 4.53. The molecule has 0 amide bonds. The Morgan fingerprint density at radius 3 is 1.93 bits per heavy atom. The van der Waals surface area contributed by atoms with Crippen molar-refractivity contribution in [1.82, 2.24) is 9.55 Å². The molecule has 146 valence electrons. The summed E-state index contributed by atoms with van der Waals surface area (Å²) in [6.45, 7) is 4.04. The van der Waals surface area contributed by atoms with Gasteiger partial charge in [-0.2, -0.15) is 0 Å². The molecule has 0 atom stereocenters. The molecular formula is C23H18F3N2P. The zero-order valence-electron chi connectivity index (χ0n) is 15.9. The van der Waals surface area contributed by atoms with Gasteiger partial charge in [0.25, 0.3) is 0 Å². The lowest BCUT2D eigenvalue weighted by Crippen LogP contribution is -2.29. The van der Waals surface area contributed by atoms with Gasteiger partial charge in [0, 0.05) is 20.3 Å². The van der Waals surface area contributed by atoms with Crippen molar-refractivity contribution in [3.63, 3.8) is 0 Å². The standard InChI is InChI=1S/C23H18F3N2P/c1-15-7-3-5-9-19(15)29(20-10-6-4-8-16(20)2)23-27-13-14-28(23)18-12-11-17(24)21(25)22(18)26/h3-14H,1-2H3. The maximum absolute atomic E-state index is 14.6. The van der Waals surface area contributed by atoms with E-state index >= 15 is 0 Å². The highest BCUT2D eigenvalue weighted by Crippen LogP contribution is 2.35. The van der Waals surface area contributed by atoms with Crippen molar-refractivity contribution >= 4 is 24.1 Å². The highest BCUT2D eigenvalue weighted by Gasteiger charge is 2.26. The number of rotatable bonds is 4. The van der Waals surface area contributed by atoms with Gasteiger partial charge < -0.3 is 0 Å². The van der Waals surface area contributed by atoms with Crippen LogP contribution in [0.1, 0.15) is 11.1 Å². The lowest BCUT2D eigenvalue weighted by Gasteiger charge is -2.23. The van der Waals surface area contributed by atoms with Crippen LogP contribution in [0.4, 0.5) is 13.2 Å². The highest BCUT2D eigenvalue weighted by molar-refractivity contribution is 7.79. The van der Waals surface area contributed by atoms with Crippen LogP contribution in [-0.4, -0.2) is 9.55 Å². The fourth-order valence-electron chi connectivity index (χ4n) is 3.32. The molecule has 0 radical (unpaired) electrons. The van der Waals surface area contributed by atoms with Crippen molar-refractivity contribution in [2.24, 2.45) is 0 Å². The Bertz CT molecular complexity index is 1140. The third kappa shape index (κ3) is 3.47. The van der Waals surface area contributed by atoms with E-state index in [0.29, 0.717) is 5.57 Å². The minimum absolute atomic E-state index is 0.0638. The summed E-state index contributed by atoms with van der Waals surface area (Å²) in [6.07, 6.45) is 3.14. The first-order valence-electron chi connectivity index (χ1n) is 9.07.